The van der Waals surface area contributed by atoms with Crippen LogP contribution in [-0.4, -0.2) is 13.3 Å². The third-order valence-corrected chi connectivity index (χ3v) is 5.56. The topological polar surface area (TPSA) is 9.23 Å². The van der Waals surface area contributed by atoms with Crippen LogP contribution in [0.2, 0.25) is 0 Å². The van der Waals surface area contributed by atoms with Gasteiger partial charge in [0.15, 0.2) is 0 Å². The lowest BCUT2D eigenvalue weighted by atomic mass is 9.74. The highest BCUT2D eigenvalue weighted by Crippen LogP contribution is 2.59. The third-order valence-electron chi connectivity index (χ3n) is 5.56. The Bertz CT molecular complexity index is 935. The minimum atomic E-state index is -4.42. The molecule has 2 atom stereocenters. The van der Waals surface area contributed by atoms with Crippen molar-refractivity contribution in [3.8, 4) is 5.75 Å². The average molecular weight is 368 g/mol. The molecule has 1 nitrogen and oxygen atoms in total. The molecule has 0 fully saturated rings. The maximum atomic E-state index is 14.6. The van der Waals surface area contributed by atoms with E-state index in [-0.39, 0.29) is 17.9 Å². The molecule has 1 aliphatic carbocycles. The Morgan fingerprint density at radius 1 is 0.889 bits per heavy atom. The quantitative estimate of drug-likeness (QED) is 0.544. The second kappa shape index (κ2) is 6.45. The molecule has 0 saturated heterocycles. The lowest BCUT2D eigenvalue weighted by molar-refractivity contribution is -0.178. The molecule has 0 aromatic heterocycles. The molecule has 138 valence electrons. The molecule has 0 unspecified atom stereocenters. The normalized spacial score (nSPS) is 21.7. The van der Waals surface area contributed by atoms with Gasteiger partial charge in [0, 0.05) is 5.92 Å². The van der Waals surface area contributed by atoms with E-state index >= 15 is 0 Å². The van der Waals surface area contributed by atoms with E-state index in [1.165, 1.54) is 7.11 Å². The van der Waals surface area contributed by atoms with Gasteiger partial charge in [-0.15, -0.1) is 0 Å². The Morgan fingerprint density at radius 3 is 2.11 bits per heavy atom. The van der Waals surface area contributed by atoms with Crippen LogP contribution in [-0.2, 0) is 5.41 Å². The number of rotatable bonds is 3. The summed E-state index contributed by atoms with van der Waals surface area (Å²) in [7, 11) is 1.53. The van der Waals surface area contributed by atoms with Gasteiger partial charge in [0.2, 0.25) is 0 Å². The van der Waals surface area contributed by atoms with Gasteiger partial charge in [-0.1, -0.05) is 66.7 Å². The first-order valence-corrected chi connectivity index (χ1v) is 8.83. The fourth-order valence-corrected chi connectivity index (χ4v) is 4.28. The molecule has 27 heavy (non-hydrogen) atoms. The van der Waals surface area contributed by atoms with Crippen molar-refractivity contribution in [2.45, 2.75) is 23.9 Å². The van der Waals surface area contributed by atoms with Crippen molar-refractivity contribution in [1.82, 2.24) is 0 Å². The van der Waals surface area contributed by atoms with Crippen LogP contribution in [0.25, 0.3) is 0 Å². The molecule has 0 radical (unpaired) electrons. The highest BCUT2D eigenvalue weighted by atomic mass is 19.4. The summed E-state index contributed by atoms with van der Waals surface area (Å²) < 4.78 is 49.2. The van der Waals surface area contributed by atoms with Gasteiger partial charge in [-0.25, -0.2) is 0 Å². The van der Waals surface area contributed by atoms with Gasteiger partial charge < -0.3 is 4.74 Å². The molecule has 1 aliphatic rings. The second-order valence-corrected chi connectivity index (χ2v) is 6.89. The van der Waals surface area contributed by atoms with Crippen LogP contribution in [0, 0.1) is 0 Å². The molecule has 0 aliphatic heterocycles. The van der Waals surface area contributed by atoms with Crippen molar-refractivity contribution in [2.75, 3.05) is 7.11 Å². The molecule has 4 rings (SSSR count). The zero-order valence-corrected chi connectivity index (χ0v) is 14.8. The molecule has 0 heterocycles. The van der Waals surface area contributed by atoms with E-state index in [1.807, 2.05) is 30.3 Å². The van der Waals surface area contributed by atoms with E-state index in [0.29, 0.717) is 16.9 Å². The minimum absolute atomic E-state index is 0.0486. The number of fused-ring (bicyclic) bond motifs is 1. The minimum Gasteiger partial charge on any atom is -0.497 e. The smallest absolute Gasteiger partial charge is 0.402 e. The van der Waals surface area contributed by atoms with E-state index in [1.54, 1.807) is 48.5 Å². The zero-order chi connectivity index (χ0) is 19.1. The molecule has 0 spiro atoms. The Kier molecular flexibility index (Phi) is 4.22. The van der Waals surface area contributed by atoms with Crippen LogP contribution < -0.4 is 4.74 Å². The molecule has 3 aromatic rings. The average Bonchev–Trinajstić information content (AvgIpc) is 3.05. The van der Waals surface area contributed by atoms with Gasteiger partial charge in [0.05, 0.1) is 7.11 Å². The van der Waals surface area contributed by atoms with Crippen LogP contribution in [0.1, 0.15) is 34.6 Å². The van der Waals surface area contributed by atoms with E-state index in [0.717, 1.165) is 5.56 Å². The molecule has 4 heteroatoms. The summed E-state index contributed by atoms with van der Waals surface area (Å²) in [6, 6.07) is 22.6. The number of hydrogen-bond acceptors (Lipinski definition) is 1. The molecular weight excluding hydrogens is 349 g/mol. The highest BCUT2D eigenvalue weighted by molar-refractivity contribution is 5.57. The molecule has 0 N–H and O–H groups in total. The lowest BCUT2D eigenvalue weighted by Crippen LogP contribution is -2.41. The Balaban J connectivity index is 2.00. The van der Waals surface area contributed by atoms with Crippen LogP contribution in [0.4, 0.5) is 13.2 Å². The summed E-state index contributed by atoms with van der Waals surface area (Å²) in [5, 5.41) is 0. The summed E-state index contributed by atoms with van der Waals surface area (Å²) >= 11 is 0. The van der Waals surface area contributed by atoms with Gasteiger partial charge in [0.1, 0.15) is 11.2 Å². The van der Waals surface area contributed by atoms with E-state index in [4.69, 9.17) is 4.74 Å². The predicted molar refractivity (Wildman–Crippen MR) is 99.2 cm³/mol. The molecular formula is C23H19F3O. The van der Waals surface area contributed by atoms with Crippen LogP contribution in [0.15, 0.2) is 78.9 Å². The van der Waals surface area contributed by atoms with Crippen molar-refractivity contribution in [3.63, 3.8) is 0 Å². The summed E-state index contributed by atoms with van der Waals surface area (Å²) in [6.07, 6.45) is -4.46. The highest BCUT2D eigenvalue weighted by Gasteiger charge is 2.62. The standard InChI is InChI=1S/C23H19F3O/c1-27-18-12-13-21-19(14-18)20(16-8-4-2-5-9-16)15-22(21,23(24,25)26)17-10-6-3-7-11-17/h2-14,20H,15H2,1H3/t20-,22+/m1/s1. The van der Waals surface area contributed by atoms with Crippen LogP contribution >= 0.6 is 0 Å². The monoisotopic (exact) mass is 368 g/mol. The summed E-state index contributed by atoms with van der Waals surface area (Å²) in [5.74, 6) is 0.221. The maximum absolute atomic E-state index is 14.6. The number of alkyl halides is 3. The molecule has 0 bridgehead atoms. The maximum Gasteiger partial charge on any atom is 0.402 e. The van der Waals surface area contributed by atoms with Crippen molar-refractivity contribution < 1.29 is 17.9 Å². The van der Waals surface area contributed by atoms with Gasteiger partial charge in [-0.05, 0) is 40.8 Å². The first-order chi connectivity index (χ1) is 13.0. The number of halogens is 3. The van der Waals surface area contributed by atoms with Crippen molar-refractivity contribution in [1.29, 1.82) is 0 Å². The fraction of sp³-hybridized carbons (Fsp3) is 0.217. The fourth-order valence-electron chi connectivity index (χ4n) is 4.28. The van der Waals surface area contributed by atoms with Gasteiger partial charge in [-0.3, -0.25) is 0 Å². The number of benzene rings is 3. The number of hydrogen-bond donors (Lipinski definition) is 0. The van der Waals surface area contributed by atoms with Gasteiger partial charge in [0.25, 0.3) is 0 Å². The van der Waals surface area contributed by atoms with Crippen molar-refractivity contribution >= 4 is 0 Å². The summed E-state index contributed by atoms with van der Waals surface area (Å²) in [6.45, 7) is 0. The summed E-state index contributed by atoms with van der Waals surface area (Å²) in [4.78, 5) is 0. The number of ether oxygens (including phenoxy) is 1. The number of methoxy groups -OCH3 is 1. The Morgan fingerprint density at radius 2 is 1.52 bits per heavy atom. The zero-order valence-electron chi connectivity index (χ0n) is 14.8. The molecule has 0 amide bonds. The summed E-state index contributed by atoms with van der Waals surface area (Å²) in [5.41, 5.74) is 0.130. The first-order valence-electron chi connectivity index (χ1n) is 8.83. The second-order valence-electron chi connectivity index (χ2n) is 6.89. The van der Waals surface area contributed by atoms with E-state index in [2.05, 4.69) is 0 Å². The first kappa shape index (κ1) is 17.7. The molecule has 0 saturated carbocycles. The van der Waals surface area contributed by atoms with E-state index in [9.17, 15) is 13.2 Å². The van der Waals surface area contributed by atoms with Crippen LogP contribution in [0.5, 0.6) is 5.75 Å². The Hall–Kier alpha value is -2.75. The van der Waals surface area contributed by atoms with Crippen molar-refractivity contribution in [2.24, 2.45) is 0 Å². The lowest BCUT2D eigenvalue weighted by Gasteiger charge is -2.34. The molecule has 3 aromatic carbocycles. The van der Waals surface area contributed by atoms with E-state index < -0.39 is 11.6 Å². The van der Waals surface area contributed by atoms with Crippen LogP contribution in [0.3, 0.4) is 0 Å². The van der Waals surface area contributed by atoms with Gasteiger partial charge in [-0.2, -0.15) is 13.2 Å². The van der Waals surface area contributed by atoms with Crippen molar-refractivity contribution in [3.05, 3.63) is 101 Å². The SMILES string of the molecule is COc1ccc2c(c1)[C@@H](c1ccccc1)C[C@@]2(c1ccccc1)C(F)(F)F. The van der Waals surface area contributed by atoms with Gasteiger partial charge >= 0.3 is 6.18 Å². The largest absolute Gasteiger partial charge is 0.497 e. The third kappa shape index (κ3) is 2.71. The Labute approximate surface area is 156 Å². The predicted octanol–water partition coefficient (Wildman–Crippen LogP) is 6.08.